The van der Waals surface area contributed by atoms with Gasteiger partial charge in [-0.3, -0.25) is 4.90 Å². The Bertz CT molecular complexity index is 495. The van der Waals surface area contributed by atoms with Gasteiger partial charge in [-0.25, -0.2) is 9.78 Å². The van der Waals surface area contributed by atoms with Crippen molar-refractivity contribution in [3.8, 4) is 0 Å². The highest BCUT2D eigenvalue weighted by atomic mass is 16.6. The number of nitrogens with two attached hydrogens (primary N) is 2. The van der Waals surface area contributed by atoms with Gasteiger partial charge in [-0.05, 0) is 20.8 Å². The minimum absolute atomic E-state index is 0.122. The number of hydrogen-bond acceptors (Lipinski definition) is 6. The van der Waals surface area contributed by atoms with Gasteiger partial charge in [0.15, 0.2) is 5.82 Å². The van der Waals surface area contributed by atoms with Crippen molar-refractivity contribution in [3.05, 3.63) is 5.69 Å². The molecule has 1 aliphatic heterocycles. The molecular weight excluding hydrogens is 234 g/mol. The smallest absolute Gasteiger partial charge is 0.414 e. The first-order valence-corrected chi connectivity index (χ1v) is 5.70. The summed E-state index contributed by atoms with van der Waals surface area (Å²) in [7, 11) is 0. The third-order valence-electron chi connectivity index (χ3n) is 2.46. The van der Waals surface area contributed by atoms with Crippen molar-refractivity contribution in [2.45, 2.75) is 32.8 Å². The maximum atomic E-state index is 12.0. The molecule has 1 aromatic rings. The lowest BCUT2D eigenvalue weighted by atomic mass is 10.2. The number of aromatic nitrogens is 2. The number of amides is 1. The molecule has 18 heavy (non-hydrogen) atoms. The Balaban J connectivity index is 2.29. The highest BCUT2D eigenvalue weighted by Gasteiger charge is 2.32. The van der Waals surface area contributed by atoms with Gasteiger partial charge in [-0.2, -0.15) is 4.98 Å². The van der Waals surface area contributed by atoms with Crippen molar-refractivity contribution in [2.75, 3.05) is 22.9 Å². The van der Waals surface area contributed by atoms with Gasteiger partial charge < -0.3 is 16.2 Å². The summed E-state index contributed by atoms with van der Waals surface area (Å²) in [5.41, 5.74) is 11.9. The summed E-state index contributed by atoms with van der Waals surface area (Å²) in [6, 6.07) is 0. The van der Waals surface area contributed by atoms with E-state index in [1.54, 1.807) is 0 Å². The maximum absolute atomic E-state index is 12.0. The third kappa shape index (κ3) is 2.29. The molecule has 0 spiro atoms. The van der Waals surface area contributed by atoms with Crippen LogP contribution in [-0.4, -0.2) is 28.2 Å². The summed E-state index contributed by atoms with van der Waals surface area (Å²) in [6.07, 6.45) is 0.159. The van der Waals surface area contributed by atoms with E-state index in [2.05, 4.69) is 9.97 Å². The monoisotopic (exact) mass is 251 g/mol. The van der Waals surface area contributed by atoms with E-state index >= 15 is 0 Å². The number of carbonyl (C=O) groups excluding carboxylic acids is 1. The van der Waals surface area contributed by atoms with Crippen molar-refractivity contribution in [1.29, 1.82) is 0 Å². The molecule has 0 unspecified atom stereocenters. The standard InChI is InChI=1S/C11H17N5O2/c1-11(2,3)18-10(17)16-5-4-6-7(16)8(12)15-9(13)14-6/h4-5H2,1-3H3,(H4,12,13,14,15). The molecule has 0 fully saturated rings. The number of nitrogen functional groups attached to an aromatic ring is 2. The van der Waals surface area contributed by atoms with E-state index in [0.717, 1.165) is 0 Å². The molecule has 2 rings (SSSR count). The Morgan fingerprint density at radius 2 is 2.00 bits per heavy atom. The van der Waals surface area contributed by atoms with E-state index in [1.807, 2.05) is 20.8 Å². The zero-order chi connectivity index (χ0) is 13.5. The minimum atomic E-state index is -0.552. The molecule has 0 saturated heterocycles. The lowest BCUT2D eigenvalue weighted by Crippen LogP contribution is -2.36. The van der Waals surface area contributed by atoms with Gasteiger partial charge in [-0.1, -0.05) is 0 Å². The second kappa shape index (κ2) is 4.01. The third-order valence-corrected chi connectivity index (χ3v) is 2.46. The fraction of sp³-hybridized carbons (Fsp3) is 0.545. The van der Waals surface area contributed by atoms with Crippen LogP contribution >= 0.6 is 0 Å². The van der Waals surface area contributed by atoms with Crippen LogP contribution in [0, 0.1) is 0 Å². The quantitative estimate of drug-likeness (QED) is 0.710. The van der Waals surface area contributed by atoms with Crippen molar-refractivity contribution in [2.24, 2.45) is 0 Å². The predicted octanol–water partition coefficient (Wildman–Crippen LogP) is 0.939. The van der Waals surface area contributed by atoms with Crippen LogP contribution in [0.1, 0.15) is 26.5 Å². The topological polar surface area (TPSA) is 107 Å². The number of ether oxygens (including phenoxy) is 1. The molecule has 1 aromatic heterocycles. The highest BCUT2D eigenvalue weighted by Crippen LogP contribution is 2.32. The van der Waals surface area contributed by atoms with E-state index in [-0.39, 0.29) is 11.8 Å². The number of hydrogen-bond donors (Lipinski definition) is 2. The molecule has 7 heteroatoms. The lowest BCUT2D eigenvalue weighted by molar-refractivity contribution is 0.0584. The Kier molecular flexibility index (Phi) is 2.76. The van der Waals surface area contributed by atoms with Gasteiger partial charge in [0, 0.05) is 13.0 Å². The first-order chi connectivity index (χ1) is 8.28. The largest absolute Gasteiger partial charge is 0.443 e. The molecular formula is C11H17N5O2. The number of rotatable bonds is 0. The SMILES string of the molecule is CC(C)(C)OC(=O)N1CCc2nc(N)nc(N)c21. The summed E-state index contributed by atoms with van der Waals surface area (Å²) in [5.74, 6) is 0.332. The van der Waals surface area contributed by atoms with Gasteiger partial charge in [0.2, 0.25) is 5.95 Å². The molecule has 1 aliphatic rings. The molecule has 0 aliphatic carbocycles. The zero-order valence-corrected chi connectivity index (χ0v) is 10.7. The first-order valence-electron chi connectivity index (χ1n) is 5.70. The lowest BCUT2D eigenvalue weighted by Gasteiger charge is -2.24. The molecule has 0 bridgehead atoms. The van der Waals surface area contributed by atoms with Crippen LogP contribution in [0.25, 0.3) is 0 Å². The molecule has 0 saturated carbocycles. The van der Waals surface area contributed by atoms with Crippen molar-refractivity contribution in [1.82, 2.24) is 9.97 Å². The zero-order valence-electron chi connectivity index (χ0n) is 10.7. The van der Waals surface area contributed by atoms with Gasteiger partial charge in [-0.15, -0.1) is 0 Å². The Hall–Kier alpha value is -2.05. The first kappa shape index (κ1) is 12.4. The molecule has 1 amide bonds. The molecule has 0 radical (unpaired) electrons. The Morgan fingerprint density at radius 3 is 2.61 bits per heavy atom. The van der Waals surface area contributed by atoms with Crippen LogP contribution in [-0.2, 0) is 11.2 Å². The predicted molar refractivity (Wildman–Crippen MR) is 68.1 cm³/mol. The fourth-order valence-corrected chi connectivity index (χ4v) is 1.84. The summed E-state index contributed by atoms with van der Waals surface area (Å²) in [6.45, 7) is 5.91. The van der Waals surface area contributed by atoms with Gasteiger partial charge >= 0.3 is 6.09 Å². The van der Waals surface area contributed by atoms with E-state index in [1.165, 1.54) is 4.90 Å². The second-order valence-corrected chi connectivity index (χ2v) is 5.14. The normalized spacial score (nSPS) is 14.5. The van der Waals surface area contributed by atoms with Gasteiger partial charge in [0.25, 0.3) is 0 Å². The highest BCUT2D eigenvalue weighted by molar-refractivity contribution is 5.93. The Morgan fingerprint density at radius 1 is 1.33 bits per heavy atom. The average Bonchev–Trinajstić information content (AvgIpc) is 2.58. The van der Waals surface area contributed by atoms with Crippen LogP contribution in [0.5, 0.6) is 0 Å². The molecule has 98 valence electrons. The fourth-order valence-electron chi connectivity index (χ4n) is 1.84. The molecule has 7 nitrogen and oxygen atoms in total. The van der Waals surface area contributed by atoms with E-state index in [0.29, 0.717) is 24.3 Å². The number of carbonyl (C=O) groups is 1. The number of fused-ring (bicyclic) bond motifs is 1. The summed E-state index contributed by atoms with van der Waals surface area (Å²) in [4.78, 5) is 21.4. The molecule has 2 heterocycles. The van der Waals surface area contributed by atoms with Crippen LogP contribution in [0.3, 0.4) is 0 Å². The summed E-state index contributed by atoms with van der Waals surface area (Å²) < 4.78 is 5.31. The summed E-state index contributed by atoms with van der Waals surface area (Å²) >= 11 is 0. The van der Waals surface area contributed by atoms with Crippen LogP contribution < -0.4 is 16.4 Å². The maximum Gasteiger partial charge on any atom is 0.414 e. The summed E-state index contributed by atoms with van der Waals surface area (Å²) in [5, 5.41) is 0. The van der Waals surface area contributed by atoms with Crippen LogP contribution in [0.15, 0.2) is 0 Å². The Labute approximate surface area is 105 Å². The molecule has 4 N–H and O–H groups in total. The second-order valence-electron chi connectivity index (χ2n) is 5.14. The van der Waals surface area contributed by atoms with Crippen molar-refractivity contribution in [3.63, 3.8) is 0 Å². The minimum Gasteiger partial charge on any atom is -0.443 e. The van der Waals surface area contributed by atoms with Crippen LogP contribution in [0.2, 0.25) is 0 Å². The molecule has 0 atom stereocenters. The van der Waals surface area contributed by atoms with Gasteiger partial charge in [0.1, 0.15) is 11.3 Å². The van der Waals surface area contributed by atoms with E-state index in [9.17, 15) is 4.79 Å². The van der Waals surface area contributed by atoms with Crippen LogP contribution in [0.4, 0.5) is 22.2 Å². The molecule has 0 aromatic carbocycles. The van der Waals surface area contributed by atoms with Gasteiger partial charge in [0.05, 0.1) is 5.69 Å². The van der Waals surface area contributed by atoms with E-state index in [4.69, 9.17) is 16.2 Å². The van der Waals surface area contributed by atoms with E-state index < -0.39 is 11.7 Å². The number of nitrogens with zero attached hydrogens (tertiary/aromatic N) is 3. The average molecular weight is 251 g/mol. The van der Waals surface area contributed by atoms with Crippen molar-refractivity contribution < 1.29 is 9.53 Å². The number of anilines is 3. The van der Waals surface area contributed by atoms with Crippen molar-refractivity contribution >= 4 is 23.5 Å².